The number of carbonyl (C=O) groups is 2. The topological polar surface area (TPSA) is 101 Å². The van der Waals surface area contributed by atoms with Gasteiger partial charge in [0.05, 0.1) is 10.5 Å². The highest BCUT2D eigenvalue weighted by Gasteiger charge is 2.28. The van der Waals surface area contributed by atoms with Crippen LogP contribution in [-0.2, 0) is 0 Å². The second kappa shape index (κ2) is 10.3. The third-order valence-electron chi connectivity index (χ3n) is 4.33. The molecule has 3 aromatic rings. The standard InChI is InChI=1S/C22H15F4N3O4S/c23-17-3-1-2-4-19(17)34-18-10-9-15(29(32)33)11-16(18)21(31)28-14-7-5-13(6-8-14)20(30)27-12-22(24,25)26/h1-11H,12H2,(H,27,30)(H,28,31). The van der Waals surface area contributed by atoms with Crippen LogP contribution in [0.15, 0.2) is 76.5 Å². The Labute approximate surface area is 194 Å². The number of nitro benzene ring substituents is 1. The average Bonchev–Trinajstić information content (AvgIpc) is 2.79. The van der Waals surface area contributed by atoms with Gasteiger partial charge >= 0.3 is 6.18 Å². The quantitative estimate of drug-likeness (QED) is 0.260. The highest BCUT2D eigenvalue weighted by molar-refractivity contribution is 7.99. The van der Waals surface area contributed by atoms with Crippen molar-refractivity contribution in [1.29, 1.82) is 0 Å². The normalized spacial score (nSPS) is 11.1. The zero-order valence-corrected chi connectivity index (χ0v) is 17.9. The molecule has 0 bridgehead atoms. The van der Waals surface area contributed by atoms with E-state index in [1.54, 1.807) is 11.4 Å². The number of halogens is 4. The van der Waals surface area contributed by atoms with Crippen LogP contribution in [-0.4, -0.2) is 29.5 Å². The van der Waals surface area contributed by atoms with Crippen LogP contribution in [0.25, 0.3) is 0 Å². The molecule has 12 heteroatoms. The van der Waals surface area contributed by atoms with Gasteiger partial charge in [0.2, 0.25) is 0 Å². The molecule has 7 nitrogen and oxygen atoms in total. The zero-order valence-electron chi connectivity index (χ0n) is 17.1. The lowest BCUT2D eigenvalue weighted by Crippen LogP contribution is -2.33. The minimum absolute atomic E-state index is 0.0617. The third-order valence-corrected chi connectivity index (χ3v) is 5.46. The van der Waals surface area contributed by atoms with Gasteiger partial charge in [-0.25, -0.2) is 4.39 Å². The minimum Gasteiger partial charge on any atom is -0.343 e. The Kier molecular flexibility index (Phi) is 7.51. The van der Waals surface area contributed by atoms with Gasteiger partial charge in [-0.1, -0.05) is 23.9 Å². The number of carbonyl (C=O) groups excluding carboxylic acids is 2. The van der Waals surface area contributed by atoms with Gasteiger partial charge in [0, 0.05) is 33.2 Å². The largest absolute Gasteiger partial charge is 0.405 e. The van der Waals surface area contributed by atoms with Gasteiger partial charge in [-0.05, 0) is 42.5 Å². The van der Waals surface area contributed by atoms with Crippen LogP contribution in [0, 0.1) is 15.9 Å². The molecule has 2 N–H and O–H groups in total. The van der Waals surface area contributed by atoms with Crippen LogP contribution >= 0.6 is 11.8 Å². The number of alkyl halides is 3. The Hall–Kier alpha value is -3.93. The van der Waals surface area contributed by atoms with Crippen molar-refractivity contribution >= 4 is 35.0 Å². The van der Waals surface area contributed by atoms with Crippen LogP contribution < -0.4 is 10.6 Å². The highest BCUT2D eigenvalue weighted by Crippen LogP contribution is 2.34. The Morgan fingerprint density at radius 2 is 1.62 bits per heavy atom. The molecule has 0 aromatic heterocycles. The molecule has 0 atom stereocenters. The summed E-state index contributed by atoms with van der Waals surface area (Å²) in [6.07, 6.45) is -4.56. The van der Waals surface area contributed by atoms with E-state index in [0.29, 0.717) is 0 Å². The van der Waals surface area contributed by atoms with Gasteiger partial charge < -0.3 is 10.6 Å². The van der Waals surface area contributed by atoms with E-state index < -0.39 is 35.3 Å². The van der Waals surface area contributed by atoms with E-state index in [-0.39, 0.29) is 32.3 Å². The molecule has 0 aliphatic heterocycles. The second-order valence-corrected chi connectivity index (χ2v) is 7.88. The fourth-order valence-electron chi connectivity index (χ4n) is 2.73. The molecule has 0 fully saturated rings. The third kappa shape index (κ3) is 6.54. The van der Waals surface area contributed by atoms with Crippen molar-refractivity contribution in [2.75, 3.05) is 11.9 Å². The van der Waals surface area contributed by atoms with Crippen molar-refractivity contribution < 1.29 is 32.1 Å². The van der Waals surface area contributed by atoms with Crippen molar-refractivity contribution in [1.82, 2.24) is 5.32 Å². The molecule has 0 aliphatic carbocycles. The predicted octanol–water partition coefficient (Wildman–Crippen LogP) is 5.43. The molecule has 0 heterocycles. The van der Waals surface area contributed by atoms with Gasteiger partial charge in [-0.15, -0.1) is 0 Å². The van der Waals surface area contributed by atoms with Crippen LogP contribution in [0.1, 0.15) is 20.7 Å². The Balaban J connectivity index is 1.80. The highest BCUT2D eigenvalue weighted by atomic mass is 32.2. The first kappa shape index (κ1) is 24.7. The summed E-state index contributed by atoms with van der Waals surface area (Å²) in [5.41, 5.74) is -0.312. The van der Waals surface area contributed by atoms with E-state index >= 15 is 0 Å². The van der Waals surface area contributed by atoms with Crippen LogP contribution in [0.2, 0.25) is 0 Å². The molecule has 0 aliphatic rings. The van der Waals surface area contributed by atoms with E-state index in [0.717, 1.165) is 17.8 Å². The first-order chi connectivity index (χ1) is 16.0. The first-order valence-electron chi connectivity index (χ1n) is 9.51. The molecule has 0 saturated heterocycles. The summed E-state index contributed by atoms with van der Waals surface area (Å²) >= 11 is 0.911. The van der Waals surface area contributed by atoms with Crippen LogP contribution in [0.5, 0.6) is 0 Å². The summed E-state index contributed by atoms with van der Waals surface area (Å²) in [6.45, 7) is -1.49. The van der Waals surface area contributed by atoms with E-state index in [9.17, 15) is 37.3 Å². The first-order valence-corrected chi connectivity index (χ1v) is 10.3. The van der Waals surface area contributed by atoms with Gasteiger partial charge in [0.25, 0.3) is 17.5 Å². The SMILES string of the molecule is O=C(NCC(F)(F)F)c1ccc(NC(=O)c2cc([N+](=O)[O-])ccc2Sc2ccccc2F)cc1. The molecule has 2 amide bonds. The van der Waals surface area contributed by atoms with Crippen molar-refractivity contribution in [3.05, 3.63) is 93.8 Å². The molecular weight excluding hydrogens is 478 g/mol. The van der Waals surface area contributed by atoms with E-state index in [1.807, 2.05) is 0 Å². The van der Waals surface area contributed by atoms with Crippen LogP contribution in [0.3, 0.4) is 0 Å². The summed E-state index contributed by atoms with van der Waals surface area (Å²) in [4.78, 5) is 35.6. The molecule has 176 valence electrons. The minimum atomic E-state index is -4.56. The van der Waals surface area contributed by atoms with Crippen molar-refractivity contribution in [3.63, 3.8) is 0 Å². The molecule has 0 radical (unpaired) electrons. The zero-order chi connectivity index (χ0) is 24.9. The summed E-state index contributed by atoms with van der Waals surface area (Å²) in [6, 6.07) is 14.4. The molecular formula is C22H15F4N3O4S. The smallest absolute Gasteiger partial charge is 0.343 e. The predicted molar refractivity (Wildman–Crippen MR) is 116 cm³/mol. The number of benzene rings is 3. The summed E-state index contributed by atoms with van der Waals surface area (Å²) in [7, 11) is 0. The average molecular weight is 493 g/mol. The molecule has 0 spiro atoms. The number of hydrogen-bond donors (Lipinski definition) is 2. The molecule has 0 saturated carbocycles. The van der Waals surface area contributed by atoms with E-state index in [4.69, 9.17) is 0 Å². The maximum absolute atomic E-state index is 14.1. The monoisotopic (exact) mass is 493 g/mol. The fourth-order valence-corrected chi connectivity index (χ4v) is 3.68. The maximum atomic E-state index is 14.1. The van der Waals surface area contributed by atoms with Crippen molar-refractivity contribution in [2.24, 2.45) is 0 Å². The van der Waals surface area contributed by atoms with Crippen molar-refractivity contribution in [2.45, 2.75) is 16.0 Å². The van der Waals surface area contributed by atoms with Crippen molar-refractivity contribution in [3.8, 4) is 0 Å². The molecule has 34 heavy (non-hydrogen) atoms. The Bertz CT molecular complexity index is 1230. The lowest BCUT2D eigenvalue weighted by Gasteiger charge is -2.11. The summed E-state index contributed by atoms with van der Waals surface area (Å²) in [5, 5.41) is 15.4. The number of anilines is 1. The van der Waals surface area contributed by atoms with Gasteiger partial charge in [-0.2, -0.15) is 13.2 Å². The van der Waals surface area contributed by atoms with E-state index in [2.05, 4.69) is 5.32 Å². The Morgan fingerprint density at radius 1 is 0.941 bits per heavy atom. The fraction of sp³-hybridized carbons (Fsp3) is 0.0909. The number of nitrogens with zero attached hydrogens (tertiary/aromatic N) is 1. The van der Waals surface area contributed by atoms with Gasteiger partial charge in [-0.3, -0.25) is 19.7 Å². The van der Waals surface area contributed by atoms with Gasteiger partial charge in [0.1, 0.15) is 12.4 Å². The Morgan fingerprint density at radius 3 is 2.24 bits per heavy atom. The lowest BCUT2D eigenvalue weighted by molar-refractivity contribution is -0.384. The number of nitrogens with one attached hydrogen (secondary N) is 2. The summed E-state index contributed by atoms with van der Waals surface area (Å²) < 4.78 is 50.8. The molecule has 3 aromatic carbocycles. The lowest BCUT2D eigenvalue weighted by atomic mass is 10.1. The number of non-ortho nitro benzene ring substituents is 1. The molecule has 3 rings (SSSR count). The number of hydrogen-bond acceptors (Lipinski definition) is 5. The molecule has 0 unspecified atom stereocenters. The van der Waals surface area contributed by atoms with E-state index in [1.165, 1.54) is 54.6 Å². The number of amides is 2. The van der Waals surface area contributed by atoms with Gasteiger partial charge in [0.15, 0.2) is 0 Å². The van der Waals surface area contributed by atoms with Crippen LogP contribution in [0.4, 0.5) is 28.9 Å². The number of nitro groups is 1. The maximum Gasteiger partial charge on any atom is 0.405 e. The second-order valence-electron chi connectivity index (χ2n) is 6.80. The summed E-state index contributed by atoms with van der Waals surface area (Å²) in [5.74, 6) is -2.22. The number of rotatable bonds is 7.